The van der Waals surface area contributed by atoms with Gasteiger partial charge in [0.1, 0.15) is 5.82 Å². The Morgan fingerprint density at radius 1 is 1.31 bits per heavy atom. The lowest BCUT2D eigenvalue weighted by atomic mass is 10.0. The topological polar surface area (TPSA) is 29.3 Å². The van der Waals surface area contributed by atoms with E-state index in [1.54, 1.807) is 6.07 Å². The molecule has 1 atom stereocenters. The van der Waals surface area contributed by atoms with Crippen molar-refractivity contribution in [3.05, 3.63) is 29.6 Å². The number of para-hydroxylation sites is 1. The Morgan fingerprint density at radius 3 is 2.44 bits per heavy atom. The molecule has 0 spiro atoms. The van der Waals surface area contributed by atoms with Gasteiger partial charge in [0.2, 0.25) is 0 Å². The molecule has 0 bridgehead atoms. The smallest absolute Gasteiger partial charge is 0.146 e. The monoisotopic (exact) mass is 224 g/mol. The van der Waals surface area contributed by atoms with Crippen LogP contribution in [0.4, 0.5) is 10.1 Å². The maximum atomic E-state index is 13.8. The molecule has 0 aliphatic heterocycles. The van der Waals surface area contributed by atoms with Gasteiger partial charge in [0.25, 0.3) is 0 Å². The fourth-order valence-corrected chi connectivity index (χ4v) is 1.94. The van der Waals surface area contributed by atoms with Gasteiger partial charge in [-0.1, -0.05) is 26.0 Å². The van der Waals surface area contributed by atoms with Gasteiger partial charge in [0.15, 0.2) is 0 Å². The van der Waals surface area contributed by atoms with E-state index < -0.39 is 0 Å². The van der Waals surface area contributed by atoms with Gasteiger partial charge >= 0.3 is 0 Å². The maximum absolute atomic E-state index is 13.8. The van der Waals surface area contributed by atoms with Gasteiger partial charge in [0.05, 0.1) is 5.69 Å². The number of halogens is 1. The van der Waals surface area contributed by atoms with Gasteiger partial charge in [0, 0.05) is 19.6 Å². The fraction of sp³-hybridized carbons (Fsp3) is 0.538. The first-order valence-corrected chi connectivity index (χ1v) is 5.68. The van der Waals surface area contributed by atoms with Crippen molar-refractivity contribution in [2.24, 2.45) is 11.7 Å². The zero-order valence-electron chi connectivity index (χ0n) is 10.5. The normalized spacial score (nSPS) is 12.9. The molecule has 0 aliphatic rings. The molecule has 0 radical (unpaired) electrons. The number of hydrogen-bond acceptors (Lipinski definition) is 2. The first kappa shape index (κ1) is 13.0. The van der Waals surface area contributed by atoms with Gasteiger partial charge in [-0.05, 0) is 24.5 Å². The molecular formula is C13H21FN2. The third kappa shape index (κ3) is 2.95. The summed E-state index contributed by atoms with van der Waals surface area (Å²) in [6.07, 6.45) is 0. The van der Waals surface area contributed by atoms with Crippen molar-refractivity contribution in [2.45, 2.75) is 26.8 Å². The summed E-state index contributed by atoms with van der Waals surface area (Å²) >= 11 is 0. The van der Waals surface area contributed by atoms with Crippen molar-refractivity contribution < 1.29 is 4.39 Å². The maximum Gasteiger partial charge on any atom is 0.146 e. The molecule has 1 aromatic carbocycles. The number of rotatable bonds is 4. The Kier molecular flexibility index (Phi) is 4.30. The number of hydrogen-bond donors (Lipinski definition) is 1. The van der Waals surface area contributed by atoms with Crippen molar-refractivity contribution in [1.82, 2.24) is 0 Å². The van der Waals surface area contributed by atoms with Crippen LogP contribution in [-0.4, -0.2) is 13.6 Å². The molecule has 90 valence electrons. The molecule has 0 aromatic heterocycles. The van der Waals surface area contributed by atoms with Crippen molar-refractivity contribution in [2.75, 3.05) is 18.5 Å². The molecule has 2 N–H and O–H groups in total. The minimum Gasteiger partial charge on any atom is -0.372 e. The highest BCUT2D eigenvalue weighted by Gasteiger charge is 2.15. The van der Waals surface area contributed by atoms with E-state index >= 15 is 0 Å². The third-order valence-electron chi connectivity index (χ3n) is 2.53. The number of anilines is 1. The van der Waals surface area contributed by atoms with Crippen LogP contribution < -0.4 is 10.6 Å². The lowest BCUT2D eigenvalue weighted by Crippen LogP contribution is -2.26. The Bertz CT molecular complexity index is 348. The summed E-state index contributed by atoms with van der Waals surface area (Å²) in [5, 5.41) is 0. The summed E-state index contributed by atoms with van der Waals surface area (Å²) in [4.78, 5) is 1.94. The minimum absolute atomic E-state index is 0.152. The lowest BCUT2D eigenvalue weighted by Gasteiger charge is -2.26. The molecule has 0 fully saturated rings. The van der Waals surface area contributed by atoms with Crippen LogP contribution >= 0.6 is 0 Å². The van der Waals surface area contributed by atoms with E-state index in [-0.39, 0.29) is 11.9 Å². The molecule has 0 amide bonds. The summed E-state index contributed by atoms with van der Waals surface area (Å²) in [5.74, 6) is 0.295. The number of nitrogens with two attached hydrogens (primary N) is 1. The number of benzene rings is 1. The average molecular weight is 224 g/mol. The molecule has 16 heavy (non-hydrogen) atoms. The Hall–Kier alpha value is -1.09. The van der Waals surface area contributed by atoms with Crippen molar-refractivity contribution in [1.29, 1.82) is 0 Å². The second-order valence-corrected chi connectivity index (χ2v) is 4.74. The van der Waals surface area contributed by atoms with Crippen LogP contribution in [0.25, 0.3) is 0 Å². The highest BCUT2D eigenvalue weighted by molar-refractivity contribution is 5.55. The zero-order chi connectivity index (χ0) is 12.3. The van der Waals surface area contributed by atoms with Crippen LogP contribution in [0.15, 0.2) is 18.2 Å². The molecule has 2 nitrogen and oxygen atoms in total. The van der Waals surface area contributed by atoms with Crippen molar-refractivity contribution in [3.63, 3.8) is 0 Å². The van der Waals surface area contributed by atoms with Crippen LogP contribution in [0.5, 0.6) is 0 Å². The first-order valence-electron chi connectivity index (χ1n) is 5.68. The van der Waals surface area contributed by atoms with Crippen LogP contribution in [0.3, 0.4) is 0 Å². The zero-order valence-corrected chi connectivity index (χ0v) is 10.5. The molecule has 3 heteroatoms. The van der Waals surface area contributed by atoms with E-state index in [9.17, 15) is 4.39 Å². The van der Waals surface area contributed by atoms with Gasteiger partial charge in [-0.2, -0.15) is 0 Å². The predicted molar refractivity (Wildman–Crippen MR) is 67.1 cm³/mol. The second kappa shape index (κ2) is 5.30. The molecular weight excluding hydrogens is 203 g/mol. The molecule has 1 rings (SSSR count). The lowest BCUT2D eigenvalue weighted by molar-refractivity contribution is 0.593. The van der Waals surface area contributed by atoms with Gasteiger partial charge in [-0.25, -0.2) is 4.39 Å². The summed E-state index contributed by atoms with van der Waals surface area (Å²) in [7, 11) is 1.91. The summed E-state index contributed by atoms with van der Waals surface area (Å²) in [6, 6.07) is 4.93. The van der Waals surface area contributed by atoms with Crippen LogP contribution in [0.1, 0.15) is 32.4 Å². The molecule has 0 saturated heterocycles. The fourth-order valence-electron chi connectivity index (χ4n) is 1.94. The molecule has 0 unspecified atom stereocenters. The van der Waals surface area contributed by atoms with E-state index in [2.05, 4.69) is 13.8 Å². The molecule has 1 aromatic rings. The Morgan fingerprint density at radius 2 is 1.94 bits per heavy atom. The summed E-state index contributed by atoms with van der Waals surface area (Å²) in [6.45, 7) is 6.92. The van der Waals surface area contributed by atoms with Crippen molar-refractivity contribution >= 4 is 5.69 Å². The second-order valence-electron chi connectivity index (χ2n) is 4.74. The largest absolute Gasteiger partial charge is 0.372 e. The van der Waals surface area contributed by atoms with Gasteiger partial charge < -0.3 is 10.6 Å². The van der Waals surface area contributed by atoms with Crippen LogP contribution in [0.2, 0.25) is 0 Å². The molecule has 0 heterocycles. The molecule has 0 saturated carbocycles. The Labute approximate surface area is 97.3 Å². The van der Waals surface area contributed by atoms with Crippen molar-refractivity contribution in [3.8, 4) is 0 Å². The molecule has 0 aliphatic carbocycles. The number of nitrogens with zero attached hydrogens (tertiary/aromatic N) is 1. The SMILES string of the molecule is CC(C)CN(C)c1c(F)cccc1[C@H](C)N. The Balaban J connectivity index is 3.09. The van der Waals surface area contributed by atoms with E-state index in [0.29, 0.717) is 11.6 Å². The van der Waals surface area contributed by atoms with E-state index in [0.717, 1.165) is 12.1 Å². The summed E-state index contributed by atoms with van der Waals surface area (Å²) in [5.41, 5.74) is 7.35. The van der Waals surface area contributed by atoms with E-state index in [1.165, 1.54) is 6.07 Å². The van der Waals surface area contributed by atoms with Gasteiger partial charge in [-0.15, -0.1) is 0 Å². The minimum atomic E-state index is -0.196. The standard InChI is InChI=1S/C13H21FN2/c1-9(2)8-16(4)13-11(10(3)15)6-5-7-12(13)14/h5-7,9-10H,8,15H2,1-4H3/t10-/m0/s1. The predicted octanol–water partition coefficient (Wildman–Crippen LogP) is 2.94. The quantitative estimate of drug-likeness (QED) is 0.852. The van der Waals surface area contributed by atoms with Gasteiger partial charge in [-0.3, -0.25) is 0 Å². The highest BCUT2D eigenvalue weighted by atomic mass is 19.1. The van der Waals surface area contributed by atoms with Crippen LogP contribution in [0, 0.1) is 11.7 Å². The third-order valence-corrected chi connectivity index (χ3v) is 2.53. The van der Waals surface area contributed by atoms with E-state index in [1.807, 2.05) is 24.9 Å². The van der Waals surface area contributed by atoms with E-state index in [4.69, 9.17) is 5.73 Å². The average Bonchev–Trinajstić information content (AvgIpc) is 2.15. The summed E-state index contributed by atoms with van der Waals surface area (Å²) < 4.78 is 13.8. The highest BCUT2D eigenvalue weighted by Crippen LogP contribution is 2.27. The van der Waals surface area contributed by atoms with Crippen LogP contribution in [-0.2, 0) is 0 Å². The first-order chi connectivity index (χ1) is 7.43.